The zero-order valence-corrected chi connectivity index (χ0v) is 13.7. The first-order valence-corrected chi connectivity index (χ1v) is 7.48. The van der Waals surface area contributed by atoms with Crippen LogP contribution in [0.2, 0.25) is 0 Å². The van der Waals surface area contributed by atoms with Crippen molar-refractivity contribution in [1.29, 1.82) is 0 Å². The molecule has 0 aliphatic carbocycles. The molecule has 2 N–H and O–H groups in total. The molecule has 0 bridgehead atoms. The third-order valence-corrected chi connectivity index (χ3v) is 3.27. The molecule has 0 aliphatic rings. The van der Waals surface area contributed by atoms with Gasteiger partial charge in [0.2, 0.25) is 0 Å². The van der Waals surface area contributed by atoms with E-state index in [2.05, 4.69) is 33.8 Å². The molecule has 0 saturated heterocycles. The molecule has 1 aromatic carbocycles. The fourth-order valence-corrected chi connectivity index (χ4v) is 2.01. The van der Waals surface area contributed by atoms with Crippen LogP contribution >= 0.6 is 0 Å². The van der Waals surface area contributed by atoms with Crippen molar-refractivity contribution in [2.45, 2.75) is 52.5 Å². The van der Waals surface area contributed by atoms with Crippen molar-refractivity contribution in [2.75, 3.05) is 13.2 Å². The maximum Gasteiger partial charge on any atom is 0.326 e. The van der Waals surface area contributed by atoms with Gasteiger partial charge in [-0.15, -0.1) is 0 Å². The summed E-state index contributed by atoms with van der Waals surface area (Å²) in [6.07, 6.45) is 0.978. The van der Waals surface area contributed by atoms with Crippen LogP contribution in [-0.4, -0.2) is 25.2 Å². The first-order valence-electron chi connectivity index (χ1n) is 7.48. The number of carbonyl (C=O) groups is 1. The molecule has 1 unspecified atom stereocenters. The quantitative estimate of drug-likeness (QED) is 0.819. The van der Waals surface area contributed by atoms with Crippen molar-refractivity contribution >= 4 is 5.97 Å². The summed E-state index contributed by atoms with van der Waals surface area (Å²) in [5.41, 5.74) is 8.12. The van der Waals surface area contributed by atoms with Crippen LogP contribution in [0.3, 0.4) is 0 Å². The molecule has 0 amide bonds. The van der Waals surface area contributed by atoms with Gasteiger partial charge in [0, 0.05) is 0 Å². The monoisotopic (exact) mass is 293 g/mol. The average Bonchev–Trinajstić information content (AvgIpc) is 2.43. The number of ether oxygens (including phenoxy) is 2. The second-order valence-corrected chi connectivity index (χ2v) is 6.10. The summed E-state index contributed by atoms with van der Waals surface area (Å²) in [4.78, 5) is 11.5. The van der Waals surface area contributed by atoms with Crippen LogP contribution in [0.25, 0.3) is 0 Å². The summed E-state index contributed by atoms with van der Waals surface area (Å²) in [5, 5.41) is 0. The van der Waals surface area contributed by atoms with Gasteiger partial charge in [-0.05, 0) is 36.0 Å². The Balaban J connectivity index is 2.86. The Labute approximate surface area is 127 Å². The van der Waals surface area contributed by atoms with Gasteiger partial charge in [-0.25, -0.2) is 0 Å². The molecule has 0 spiro atoms. The van der Waals surface area contributed by atoms with Crippen molar-refractivity contribution in [3.05, 3.63) is 29.3 Å². The Morgan fingerprint density at radius 2 is 1.95 bits per heavy atom. The lowest BCUT2D eigenvalue weighted by atomic mass is 9.85. The molecule has 21 heavy (non-hydrogen) atoms. The molecular formula is C17H27NO3. The minimum Gasteiger partial charge on any atom is -0.491 e. The zero-order valence-electron chi connectivity index (χ0n) is 13.7. The van der Waals surface area contributed by atoms with Crippen molar-refractivity contribution < 1.29 is 14.3 Å². The number of esters is 1. The largest absolute Gasteiger partial charge is 0.491 e. The van der Waals surface area contributed by atoms with Gasteiger partial charge in [-0.3, -0.25) is 4.79 Å². The minimum absolute atomic E-state index is 0.0332. The van der Waals surface area contributed by atoms with E-state index in [4.69, 9.17) is 15.2 Å². The number of rotatable bonds is 6. The lowest BCUT2D eigenvalue weighted by molar-refractivity contribution is -0.145. The third kappa shape index (κ3) is 5.05. The molecule has 0 aromatic heterocycles. The standard InChI is InChI=1S/C17H27NO3/c1-6-12-8-9-15(13(10-12)17(3,4)5)21-11-14(18)16(19)20-7-2/h8-10,14H,6-7,11,18H2,1-5H3. The van der Waals surface area contributed by atoms with Gasteiger partial charge in [-0.1, -0.05) is 39.8 Å². The summed E-state index contributed by atoms with van der Waals surface area (Å²) >= 11 is 0. The number of aryl methyl sites for hydroxylation is 1. The van der Waals surface area contributed by atoms with Crippen LogP contribution in [-0.2, 0) is 21.4 Å². The molecule has 1 aromatic rings. The molecule has 0 heterocycles. The fraction of sp³-hybridized carbons (Fsp3) is 0.588. The summed E-state index contributed by atoms with van der Waals surface area (Å²) in [6.45, 7) is 10.7. The zero-order chi connectivity index (χ0) is 16.0. The van der Waals surface area contributed by atoms with E-state index < -0.39 is 12.0 Å². The lowest BCUT2D eigenvalue weighted by Gasteiger charge is -2.24. The first kappa shape index (κ1) is 17.5. The number of hydrogen-bond donors (Lipinski definition) is 1. The van der Waals surface area contributed by atoms with Crippen LogP contribution in [0.4, 0.5) is 0 Å². The third-order valence-electron chi connectivity index (χ3n) is 3.27. The van der Waals surface area contributed by atoms with Gasteiger partial charge in [0.25, 0.3) is 0 Å². The average molecular weight is 293 g/mol. The van der Waals surface area contributed by atoms with E-state index in [-0.39, 0.29) is 12.0 Å². The van der Waals surface area contributed by atoms with Crippen molar-refractivity contribution in [2.24, 2.45) is 5.73 Å². The van der Waals surface area contributed by atoms with Gasteiger partial charge < -0.3 is 15.2 Å². The van der Waals surface area contributed by atoms with E-state index in [1.54, 1.807) is 6.92 Å². The van der Waals surface area contributed by atoms with Crippen LogP contribution < -0.4 is 10.5 Å². The Hall–Kier alpha value is -1.55. The van der Waals surface area contributed by atoms with E-state index >= 15 is 0 Å². The van der Waals surface area contributed by atoms with E-state index in [1.165, 1.54) is 5.56 Å². The molecular weight excluding hydrogens is 266 g/mol. The predicted molar refractivity (Wildman–Crippen MR) is 84.6 cm³/mol. The molecule has 0 fully saturated rings. The molecule has 1 atom stereocenters. The topological polar surface area (TPSA) is 61.5 Å². The van der Waals surface area contributed by atoms with Crippen LogP contribution in [0, 0.1) is 0 Å². The Kier molecular flexibility index (Phi) is 6.21. The van der Waals surface area contributed by atoms with E-state index in [0.717, 1.165) is 17.7 Å². The Morgan fingerprint density at radius 3 is 2.48 bits per heavy atom. The normalized spacial score (nSPS) is 12.9. The second kappa shape index (κ2) is 7.46. The maximum absolute atomic E-state index is 11.5. The van der Waals surface area contributed by atoms with E-state index in [0.29, 0.717) is 6.61 Å². The van der Waals surface area contributed by atoms with Gasteiger partial charge in [-0.2, -0.15) is 0 Å². The van der Waals surface area contributed by atoms with Crippen molar-refractivity contribution in [1.82, 2.24) is 0 Å². The SMILES string of the molecule is CCOC(=O)C(N)COc1ccc(CC)cc1C(C)(C)C. The number of nitrogens with two attached hydrogens (primary N) is 1. The summed E-state index contributed by atoms with van der Waals surface area (Å²) < 4.78 is 10.6. The number of hydrogen-bond acceptors (Lipinski definition) is 4. The number of carbonyl (C=O) groups excluding carboxylic acids is 1. The molecule has 0 radical (unpaired) electrons. The molecule has 4 nitrogen and oxygen atoms in total. The first-order chi connectivity index (χ1) is 9.79. The Morgan fingerprint density at radius 1 is 1.29 bits per heavy atom. The lowest BCUT2D eigenvalue weighted by Crippen LogP contribution is -2.38. The highest BCUT2D eigenvalue weighted by Crippen LogP contribution is 2.32. The van der Waals surface area contributed by atoms with Crippen LogP contribution in [0.15, 0.2) is 18.2 Å². The van der Waals surface area contributed by atoms with Crippen LogP contribution in [0.5, 0.6) is 5.75 Å². The molecule has 0 aliphatic heterocycles. The highest BCUT2D eigenvalue weighted by Gasteiger charge is 2.21. The smallest absolute Gasteiger partial charge is 0.326 e. The van der Waals surface area contributed by atoms with Crippen LogP contribution in [0.1, 0.15) is 45.7 Å². The summed E-state index contributed by atoms with van der Waals surface area (Å²) in [6, 6.07) is 5.40. The van der Waals surface area contributed by atoms with Crippen molar-refractivity contribution in [3.63, 3.8) is 0 Å². The molecule has 118 valence electrons. The fourth-order valence-electron chi connectivity index (χ4n) is 2.01. The molecule has 4 heteroatoms. The summed E-state index contributed by atoms with van der Waals surface area (Å²) in [5.74, 6) is 0.347. The minimum atomic E-state index is -0.761. The highest BCUT2D eigenvalue weighted by atomic mass is 16.5. The summed E-state index contributed by atoms with van der Waals surface area (Å²) in [7, 11) is 0. The van der Waals surface area contributed by atoms with Gasteiger partial charge in [0.15, 0.2) is 0 Å². The second-order valence-electron chi connectivity index (χ2n) is 6.10. The van der Waals surface area contributed by atoms with E-state index in [1.807, 2.05) is 12.1 Å². The van der Waals surface area contributed by atoms with E-state index in [9.17, 15) is 4.79 Å². The van der Waals surface area contributed by atoms with Crippen molar-refractivity contribution in [3.8, 4) is 5.75 Å². The molecule has 1 rings (SSSR count). The van der Waals surface area contributed by atoms with Gasteiger partial charge in [0.05, 0.1) is 6.61 Å². The van der Waals surface area contributed by atoms with Gasteiger partial charge >= 0.3 is 5.97 Å². The predicted octanol–water partition coefficient (Wildman–Crippen LogP) is 2.82. The highest BCUT2D eigenvalue weighted by molar-refractivity contribution is 5.75. The van der Waals surface area contributed by atoms with Gasteiger partial charge in [0.1, 0.15) is 18.4 Å². The Bertz CT molecular complexity index is 477. The maximum atomic E-state index is 11.5. The molecule has 0 saturated carbocycles. The number of benzene rings is 1.